The molecular formula is C14H21N3S. The van der Waals surface area contributed by atoms with E-state index in [-0.39, 0.29) is 0 Å². The van der Waals surface area contributed by atoms with E-state index in [1.165, 1.54) is 10.1 Å². The summed E-state index contributed by atoms with van der Waals surface area (Å²) in [5.74, 6) is 1.09. The Morgan fingerprint density at radius 1 is 1.33 bits per heavy atom. The third-order valence-electron chi connectivity index (χ3n) is 3.38. The van der Waals surface area contributed by atoms with Crippen LogP contribution in [0.25, 0.3) is 10.1 Å². The van der Waals surface area contributed by atoms with Crippen molar-refractivity contribution in [2.75, 3.05) is 18.0 Å². The van der Waals surface area contributed by atoms with Crippen molar-refractivity contribution in [2.45, 2.75) is 32.7 Å². The second-order valence-corrected chi connectivity index (χ2v) is 5.37. The highest BCUT2D eigenvalue weighted by atomic mass is 32.1. The smallest absolute Gasteiger partial charge is 0.137 e. The molecule has 0 fully saturated rings. The third kappa shape index (κ3) is 2.49. The van der Waals surface area contributed by atoms with E-state index in [0.717, 1.165) is 25.2 Å². The lowest BCUT2D eigenvalue weighted by Gasteiger charge is -2.31. The maximum absolute atomic E-state index is 5.77. The van der Waals surface area contributed by atoms with Gasteiger partial charge in [-0.2, -0.15) is 0 Å². The van der Waals surface area contributed by atoms with Gasteiger partial charge in [0.05, 0.1) is 0 Å². The quantitative estimate of drug-likeness (QED) is 0.870. The van der Waals surface area contributed by atoms with Gasteiger partial charge in [0.25, 0.3) is 0 Å². The Bertz CT molecular complexity index is 490. The number of hydrogen-bond donors (Lipinski definition) is 1. The standard InChI is InChI=1S/C14H21N3S/c1-3-11(4-2)17(9-7-15)14-12-6-10-18-13(12)5-8-16-14/h5-6,8,10-11H,3-4,7,9,15H2,1-2H3. The molecule has 0 saturated heterocycles. The SMILES string of the molecule is CCC(CC)N(CCN)c1nccc2sccc12. The molecule has 0 amide bonds. The first-order chi connectivity index (χ1) is 8.81. The summed E-state index contributed by atoms with van der Waals surface area (Å²) < 4.78 is 1.30. The minimum absolute atomic E-state index is 0.520. The van der Waals surface area contributed by atoms with Crippen LogP contribution in [0.5, 0.6) is 0 Å². The lowest BCUT2D eigenvalue weighted by molar-refractivity contribution is 0.556. The molecule has 0 atom stereocenters. The summed E-state index contributed by atoms with van der Waals surface area (Å²) in [6, 6.07) is 4.76. The van der Waals surface area contributed by atoms with Crippen LogP contribution in [0.1, 0.15) is 26.7 Å². The molecule has 0 radical (unpaired) electrons. The maximum atomic E-state index is 5.77. The van der Waals surface area contributed by atoms with Crippen molar-refractivity contribution >= 4 is 27.2 Å². The molecule has 2 aromatic heterocycles. The molecule has 2 aromatic rings. The van der Waals surface area contributed by atoms with Crippen molar-refractivity contribution in [1.29, 1.82) is 0 Å². The molecule has 2 rings (SSSR count). The van der Waals surface area contributed by atoms with E-state index in [1.807, 2.05) is 6.20 Å². The number of nitrogens with zero attached hydrogens (tertiary/aromatic N) is 2. The van der Waals surface area contributed by atoms with E-state index >= 15 is 0 Å². The van der Waals surface area contributed by atoms with Crippen LogP contribution in [0, 0.1) is 0 Å². The average Bonchev–Trinajstić information content (AvgIpc) is 2.87. The van der Waals surface area contributed by atoms with Crippen LogP contribution in [0.15, 0.2) is 23.7 Å². The number of fused-ring (bicyclic) bond motifs is 1. The summed E-state index contributed by atoms with van der Waals surface area (Å²) in [5.41, 5.74) is 5.77. The van der Waals surface area contributed by atoms with Gasteiger partial charge < -0.3 is 10.6 Å². The van der Waals surface area contributed by atoms with Gasteiger partial charge in [-0.25, -0.2) is 4.98 Å². The van der Waals surface area contributed by atoms with Crippen molar-refractivity contribution in [1.82, 2.24) is 4.98 Å². The molecule has 0 saturated carbocycles. The van der Waals surface area contributed by atoms with Crippen LogP contribution in [0.2, 0.25) is 0 Å². The van der Waals surface area contributed by atoms with Crippen molar-refractivity contribution in [3.05, 3.63) is 23.7 Å². The summed E-state index contributed by atoms with van der Waals surface area (Å²) in [7, 11) is 0. The van der Waals surface area contributed by atoms with Crippen LogP contribution in [0.4, 0.5) is 5.82 Å². The molecule has 0 aromatic carbocycles. The molecule has 18 heavy (non-hydrogen) atoms. The Kier molecular flexibility index (Phi) is 4.55. The minimum Gasteiger partial charge on any atom is -0.352 e. The van der Waals surface area contributed by atoms with Crippen molar-refractivity contribution in [3.63, 3.8) is 0 Å². The number of rotatable bonds is 6. The zero-order valence-corrected chi connectivity index (χ0v) is 11.9. The topological polar surface area (TPSA) is 42.1 Å². The molecule has 0 bridgehead atoms. The fourth-order valence-corrected chi connectivity index (χ4v) is 3.22. The van der Waals surface area contributed by atoms with Gasteiger partial charge in [-0.05, 0) is 30.4 Å². The predicted octanol–water partition coefficient (Wildman–Crippen LogP) is 3.25. The first kappa shape index (κ1) is 13.3. The van der Waals surface area contributed by atoms with E-state index in [9.17, 15) is 0 Å². The number of anilines is 1. The van der Waals surface area contributed by atoms with Gasteiger partial charge in [-0.15, -0.1) is 11.3 Å². The summed E-state index contributed by atoms with van der Waals surface area (Å²) in [6.07, 6.45) is 4.15. The molecule has 98 valence electrons. The molecule has 0 aliphatic heterocycles. The molecule has 2 N–H and O–H groups in total. The Hall–Kier alpha value is -1.13. The molecular weight excluding hydrogens is 242 g/mol. The Morgan fingerprint density at radius 2 is 2.11 bits per heavy atom. The van der Waals surface area contributed by atoms with E-state index in [2.05, 4.69) is 41.2 Å². The van der Waals surface area contributed by atoms with Crippen molar-refractivity contribution < 1.29 is 0 Å². The molecule has 3 nitrogen and oxygen atoms in total. The predicted molar refractivity (Wildman–Crippen MR) is 80.4 cm³/mol. The summed E-state index contributed by atoms with van der Waals surface area (Å²) in [5, 5.41) is 3.38. The van der Waals surface area contributed by atoms with Crippen LogP contribution < -0.4 is 10.6 Å². The van der Waals surface area contributed by atoms with Crippen LogP contribution in [-0.2, 0) is 0 Å². The first-order valence-electron chi connectivity index (χ1n) is 6.60. The van der Waals surface area contributed by atoms with Gasteiger partial charge in [-0.1, -0.05) is 13.8 Å². The largest absolute Gasteiger partial charge is 0.352 e. The number of nitrogens with two attached hydrogens (primary N) is 1. The number of hydrogen-bond acceptors (Lipinski definition) is 4. The summed E-state index contributed by atoms with van der Waals surface area (Å²) in [4.78, 5) is 6.96. The van der Waals surface area contributed by atoms with Gasteiger partial charge in [0.15, 0.2) is 0 Å². The second kappa shape index (κ2) is 6.16. The molecule has 2 heterocycles. The van der Waals surface area contributed by atoms with Crippen molar-refractivity contribution in [2.24, 2.45) is 5.73 Å². The Balaban J connectivity index is 2.43. The monoisotopic (exact) mass is 263 g/mol. The van der Waals surface area contributed by atoms with Crippen LogP contribution in [-0.4, -0.2) is 24.1 Å². The average molecular weight is 263 g/mol. The zero-order valence-electron chi connectivity index (χ0n) is 11.1. The minimum atomic E-state index is 0.520. The molecule has 0 aliphatic rings. The highest BCUT2D eigenvalue weighted by Crippen LogP contribution is 2.30. The summed E-state index contributed by atoms with van der Waals surface area (Å²) in [6.45, 7) is 5.99. The molecule has 0 unspecified atom stereocenters. The fourth-order valence-electron chi connectivity index (χ4n) is 2.44. The third-order valence-corrected chi connectivity index (χ3v) is 4.27. The van der Waals surface area contributed by atoms with Crippen molar-refractivity contribution in [3.8, 4) is 0 Å². The number of thiophene rings is 1. The zero-order chi connectivity index (χ0) is 13.0. The van der Waals surface area contributed by atoms with Gasteiger partial charge in [0, 0.05) is 35.4 Å². The Morgan fingerprint density at radius 3 is 2.78 bits per heavy atom. The molecule has 0 spiro atoms. The van der Waals surface area contributed by atoms with E-state index in [0.29, 0.717) is 12.6 Å². The maximum Gasteiger partial charge on any atom is 0.137 e. The van der Waals surface area contributed by atoms with Crippen LogP contribution in [0.3, 0.4) is 0 Å². The molecule has 4 heteroatoms. The van der Waals surface area contributed by atoms with Gasteiger partial charge in [0.1, 0.15) is 5.82 Å². The number of aromatic nitrogens is 1. The first-order valence-corrected chi connectivity index (χ1v) is 7.48. The van der Waals surface area contributed by atoms with Gasteiger partial charge in [-0.3, -0.25) is 0 Å². The van der Waals surface area contributed by atoms with E-state index < -0.39 is 0 Å². The van der Waals surface area contributed by atoms with Crippen LogP contribution >= 0.6 is 11.3 Å². The van der Waals surface area contributed by atoms with E-state index in [1.54, 1.807) is 11.3 Å². The van der Waals surface area contributed by atoms with Gasteiger partial charge in [0.2, 0.25) is 0 Å². The highest BCUT2D eigenvalue weighted by molar-refractivity contribution is 7.17. The lowest BCUT2D eigenvalue weighted by Crippen LogP contribution is -2.39. The second-order valence-electron chi connectivity index (χ2n) is 4.42. The highest BCUT2D eigenvalue weighted by Gasteiger charge is 2.18. The lowest BCUT2D eigenvalue weighted by atomic mass is 10.1. The Labute approximate surface area is 113 Å². The fraction of sp³-hybridized carbons (Fsp3) is 0.500. The molecule has 0 aliphatic carbocycles. The normalized spacial score (nSPS) is 11.3. The summed E-state index contributed by atoms with van der Waals surface area (Å²) >= 11 is 1.77. The van der Waals surface area contributed by atoms with E-state index in [4.69, 9.17) is 5.73 Å². The van der Waals surface area contributed by atoms with Gasteiger partial charge >= 0.3 is 0 Å². The number of pyridine rings is 1.